The van der Waals surface area contributed by atoms with Crippen molar-refractivity contribution < 1.29 is 14.4 Å². The molecule has 0 bridgehead atoms. The van der Waals surface area contributed by atoms with Gasteiger partial charge < -0.3 is 10.6 Å². The van der Waals surface area contributed by atoms with Crippen molar-refractivity contribution >= 4 is 17.8 Å². The first-order valence-corrected chi connectivity index (χ1v) is 9.49. The molecule has 1 saturated heterocycles. The number of nitrogens with zero attached hydrogens (tertiary/aromatic N) is 1. The van der Waals surface area contributed by atoms with Crippen LogP contribution >= 0.6 is 0 Å². The molecule has 0 radical (unpaired) electrons. The molecule has 3 rings (SSSR count). The Hall–Kier alpha value is -3.15. The Bertz CT molecular complexity index is 854. The summed E-state index contributed by atoms with van der Waals surface area (Å²) in [4.78, 5) is 38.8. The van der Waals surface area contributed by atoms with Crippen LogP contribution in [0.4, 0.5) is 4.79 Å². The molecule has 0 saturated carbocycles. The van der Waals surface area contributed by atoms with Gasteiger partial charge in [-0.2, -0.15) is 0 Å². The van der Waals surface area contributed by atoms with Gasteiger partial charge in [0.05, 0.1) is 0 Å². The van der Waals surface area contributed by atoms with E-state index >= 15 is 0 Å². The Morgan fingerprint density at radius 2 is 1.68 bits per heavy atom. The number of rotatable bonds is 7. The lowest BCUT2D eigenvalue weighted by Crippen LogP contribution is -2.45. The maximum absolute atomic E-state index is 13.0. The van der Waals surface area contributed by atoms with Crippen molar-refractivity contribution in [2.75, 3.05) is 13.1 Å². The number of amides is 4. The average Bonchev–Trinajstić information content (AvgIpc) is 2.98. The number of nitrogens with one attached hydrogen (secondary N) is 2. The molecule has 6 nitrogen and oxygen atoms in total. The predicted octanol–water partition coefficient (Wildman–Crippen LogP) is 2.76. The normalized spacial score (nSPS) is 20.0. The van der Waals surface area contributed by atoms with Gasteiger partial charge in [-0.3, -0.25) is 14.5 Å². The summed E-state index contributed by atoms with van der Waals surface area (Å²) < 4.78 is 0. The molecule has 6 heteroatoms. The summed E-state index contributed by atoms with van der Waals surface area (Å²) in [5.41, 5.74) is 0.721. The Labute approximate surface area is 164 Å². The second kappa shape index (κ2) is 8.25. The Morgan fingerprint density at radius 1 is 1.07 bits per heavy atom. The lowest BCUT2D eigenvalue weighted by molar-refractivity contribution is -0.135. The zero-order valence-electron chi connectivity index (χ0n) is 16.1. The number of hydrogen-bond acceptors (Lipinski definition) is 3. The molecule has 28 heavy (non-hydrogen) atoms. The molecule has 1 fully saturated rings. The quantitative estimate of drug-likeness (QED) is 0.726. The second-order valence-corrected chi connectivity index (χ2v) is 7.06. The number of urea groups is 1. The molecule has 146 valence electrons. The maximum atomic E-state index is 13.0. The summed E-state index contributed by atoms with van der Waals surface area (Å²) in [7, 11) is 0. The van der Waals surface area contributed by atoms with Gasteiger partial charge >= 0.3 is 6.03 Å². The Morgan fingerprint density at radius 3 is 2.29 bits per heavy atom. The third kappa shape index (κ3) is 3.76. The smallest absolute Gasteiger partial charge is 0.325 e. The predicted molar refractivity (Wildman–Crippen MR) is 107 cm³/mol. The van der Waals surface area contributed by atoms with E-state index in [1.165, 1.54) is 0 Å². The van der Waals surface area contributed by atoms with Gasteiger partial charge in [0.15, 0.2) is 0 Å². The van der Waals surface area contributed by atoms with E-state index in [4.69, 9.17) is 0 Å². The average molecular weight is 379 g/mol. The molecular weight excluding hydrogens is 354 g/mol. The molecule has 2 atom stereocenters. The van der Waals surface area contributed by atoms with Crippen LogP contribution in [0.15, 0.2) is 60.7 Å². The van der Waals surface area contributed by atoms with E-state index in [-0.39, 0.29) is 18.4 Å². The van der Waals surface area contributed by atoms with Gasteiger partial charge in [-0.15, -0.1) is 0 Å². The van der Waals surface area contributed by atoms with Crippen LogP contribution in [0.3, 0.4) is 0 Å². The minimum absolute atomic E-state index is 0.132. The molecule has 1 heterocycles. The molecule has 2 aromatic carbocycles. The van der Waals surface area contributed by atoms with Crippen LogP contribution in [0.5, 0.6) is 0 Å². The van der Waals surface area contributed by atoms with E-state index in [0.29, 0.717) is 13.0 Å². The zero-order valence-corrected chi connectivity index (χ0v) is 16.1. The van der Waals surface area contributed by atoms with Crippen molar-refractivity contribution in [2.45, 2.75) is 31.7 Å². The first kappa shape index (κ1) is 19.6. The maximum Gasteiger partial charge on any atom is 0.325 e. The summed E-state index contributed by atoms with van der Waals surface area (Å²) in [6.45, 7) is 4.00. The zero-order chi connectivity index (χ0) is 20.1. The SMILES string of the molecule is CCC1(c2ccccc2)NC(=O)N(CC(=O)NCC(C)c2ccccc2)C1=O. The second-order valence-electron chi connectivity index (χ2n) is 7.06. The van der Waals surface area contributed by atoms with E-state index in [9.17, 15) is 14.4 Å². The van der Waals surface area contributed by atoms with Crippen molar-refractivity contribution in [3.63, 3.8) is 0 Å². The third-order valence-electron chi connectivity index (χ3n) is 5.25. The van der Waals surface area contributed by atoms with Gasteiger partial charge in [0.25, 0.3) is 5.91 Å². The third-order valence-corrected chi connectivity index (χ3v) is 5.25. The molecule has 0 spiro atoms. The fraction of sp³-hybridized carbons (Fsp3) is 0.318. The van der Waals surface area contributed by atoms with Crippen molar-refractivity contribution in [3.05, 3.63) is 71.8 Å². The fourth-order valence-electron chi connectivity index (χ4n) is 3.50. The van der Waals surface area contributed by atoms with Gasteiger partial charge in [0.2, 0.25) is 5.91 Å². The molecule has 2 aromatic rings. The molecule has 2 unspecified atom stereocenters. The van der Waals surface area contributed by atoms with Crippen LogP contribution in [0.25, 0.3) is 0 Å². The topological polar surface area (TPSA) is 78.5 Å². The number of benzene rings is 2. The highest BCUT2D eigenvalue weighted by Gasteiger charge is 2.51. The van der Waals surface area contributed by atoms with Crippen LogP contribution < -0.4 is 10.6 Å². The molecule has 1 aliphatic heterocycles. The molecular formula is C22H25N3O3. The minimum Gasteiger partial charge on any atom is -0.354 e. The molecule has 4 amide bonds. The van der Waals surface area contributed by atoms with Crippen molar-refractivity contribution in [1.29, 1.82) is 0 Å². The summed E-state index contributed by atoms with van der Waals surface area (Å²) >= 11 is 0. The molecule has 0 aromatic heterocycles. The summed E-state index contributed by atoms with van der Waals surface area (Å²) in [6.07, 6.45) is 0.407. The number of carbonyl (C=O) groups excluding carboxylic acids is 3. The van der Waals surface area contributed by atoms with Gasteiger partial charge in [-0.1, -0.05) is 74.5 Å². The van der Waals surface area contributed by atoms with E-state index in [1.54, 1.807) is 0 Å². The Kier molecular flexibility index (Phi) is 5.78. The number of imide groups is 1. The van der Waals surface area contributed by atoms with E-state index in [0.717, 1.165) is 16.0 Å². The summed E-state index contributed by atoms with van der Waals surface area (Å²) in [5.74, 6) is -0.615. The minimum atomic E-state index is -1.12. The lowest BCUT2D eigenvalue weighted by atomic mass is 9.87. The molecule has 0 aliphatic carbocycles. The standard InChI is InChI=1S/C22H25N3O3/c1-3-22(18-12-8-5-9-13-18)20(27)25(21(28)24-22)15-19(26)23-14-16(2)17-10-6-4-7-11-17/h4-13,16H,3,14-15H2,1-2H3,(H,23,26)(H,24,28). The lowest BCUT2D eigenvalue weighted by Gasteiger charge is -2.25. The van der Waals surface area contributed by atoms with Crippen LogP contribution in [0.2, 0.25) is 0 Å². The highest BCUT2D eigenvalue weighted by molar-refractivity contribution is 6.09. The summed E-state index contributed by atoms with van der Waals surface area (Å²) in [6, 6.07) is 18.4. The van der Waals surface area contributed by atoms with Crippen molar-refractivity contribution in [1.82, 2.24) is 15.5 Å². The van der Waals surface area contributed by atoms with Crippen molar-refractivity contribution in [3.8, 4) is 0 Å². The fourth-order valence-corrected chi connectivity index (χ4v) is 3.50. The van der Waals surface area contributed by atoms with Crippen LogP contribution in [-0.2, 0) is 15.1 Å². The van der Waals surface area contributed by atoms with Crippen LogP contribution in [-0.4, -0.2) is 35.8 Å². The number of hydrogen-bond donors (Lipinski definition) is 2. The van der Waals surface area contributed by atoms with E-state index < -0.39 is 17.5 Å². The number of carbonyl (C=O) groups is 3. The summed E-state index contributed by atoms with van der Waals surface area (Å²) in [5, 5.41) is 5.61. The van der Waals surface area contributed by atoms with Gasteiger partial charge in [0, 0.05) is 6.54 Å². The van der Waals surface area contributed by atoms with Crippen LogP contribution in [0.1, 0.15) is 37.3 Å². The molecule has 1 aliphatic rings. The van der Waals surface area contributed by atoms with Crippen molar-refractivity contribution in [2.24, 2.45) is 0 Å². The highest BCUT2D eigenvalue weighted by atomic mass is 16.2. The van der Waals surface area contributed by atoms with E-state index in [2.05, 4.69) is 10.6 Å². The van der Waals surface area contributed by atoms with Gasteiger partial charge in [-0.05, 0) is 23.5 Å². The molecule has 2 N–H and O–H groups in total. The largest absolute Gasteiger partial charge is 0.354 e. The Balaban J connectivity index is 1.65. The van der Waals surface area contributed by atoms with Gasteiger partial charge in [-0.25, -0.2) is 4.79 Å². The first-order valence-electron chi connectivity index (χ1n) is 9.49. The van der Waals surface area contributed by atoms with Crippen LogP contribution in [0, 0.1) is 0 Å². The highest BCUT2D eigenvalue weighted by Crippen LogP contribution is 2.32. The van der Waals surface area contributed by atoms with E-state index in [1.807, 2.05) is 74.5 Å². The first-order chi connectivity index (χ1) is 13.5. The van der Waals surface area contributed by atoms with Gasteiger partial charge in [0.1, 0.15) is 12.1 Å². The monoisotopic (exact) mass is 379 g/mol.